The van der Waals surface area contributed by atoms with Crippen molar-refractivity contribution in [3.05, 3.63) is 59.3 Å². The Morgan fingerprint density at radius 3 is 2.65 bits per heavy atom. The Morgan fingerprint density at radius 1 is 1.26 bits per heavy atom. The normalized spacial score (nSPS) is 10.9. The van der Waals surface area contributed by atoms with E-state index in [0.717, 1.165) is 0 Å². The first-order valence-corrected chi connectivity index (χ1v) is 7.15. The molecule has 0 radical (unpaired) electrons. The number of aromatic amines is 2. The number of benzene rings is 1. The molecule has 11 heteroatoms. The van der Waals surface area contributed by atoms with Crippen LogP contribution in [0.1, 0.15) is 11.3 Å². The molecule has 2 aromatic rings. The summed E-state index contributed by atoms with van der Waals surface area (Å²) < 4.78 is 0. The monoisotopic (exact) mass is 375 g/mol. The second-order valence-corrected chi connectivity index (χ2v) is 5.37. The van der Waals surface area contributed by atoms with Crippen LogP contribution < -0.4 is 16.7 Å². The lowest BCUT2D eigenvalue weighted by Crippen LogP contribution is -2.31. The highest BCUT2D eigenvalue weighted by Gasteiger charge is 2.10. The highest BCUT2D eigenvalue weighted by atomic mass is 35.5. The first kappa shape index (κ1) is 17.2. The summed E-state index contributed by atoms with van der Waals surface area (Å²) in [6.07, 6.45) is 0.847. The molecule has 3 N–H and O–H groups in total. The lowest BCUT2D eigenvalue weighted by Gasteiger charge is -2.03. The zero-order valence-corrected chi connectivity index (χ0v) is 13.5. The number of nitrogens with zero attached hydrogens (tertiary/aromatic N) is 2. The maximum atomic E-state index is 11.7. The van der Waals surface area contributed by atoms with Gasteiger partial charge in [0.15, 0.2) is 0 Å². The Hall–Kier alpha value is -2.16. The molecule has 1 aromatic heterocycles. The molecule has 0 unspecified atom stereocenters. The van der Waals surface area contributed by atoms with E-state index in [2.05, 4.69) is 15.6 Å². The van der Waals surface area contributed by atoms with Crippen LogP contribution in [-0.2, 0) is 11.2 Å². The lowest BCUT2D eigenvalue weighted by molar-refractivity contribution is -0.120. The Balaban J connectivity index is 2.06. The zero-order chi connectivity index (χ0) is 17.0. The van der Waals surface area contributed by atoms with E-state index in [1.165, 1.54) is 18.3 Å². The fourth-order valence-electron chi connectivity index (χ4n) is 1.51. The van der Waals surface area contributed by atoms with E-state index in [-0.39, 0.29) is 22.2 Å². The predicted octanol–water partition coefficient (Wildman–Crippen LogP) is 1.11. The van der Waals surface area contributed by atoms with Crippen molar-refractivity contribution in [3.63, 3.8) is 0 Å². The standard InChI is InChI=1S/C12H8Cl3N5O3/c13-6-1-2-7(14)10(15)5(6)4-16-19-9(21)3-8-11(22)17-12(23)20-18-8/h1-2,4H,3H2,(H,19,21)(H2,17,20,22,23)/b16-4+. The van der Waals surface area contributed by atoms with Crippen molar-refractivity contribution in [3.8, 4) is 0 Å². The minimum atomic E-state index is -0.762. The summed E-state index contributed by atoms with van der Waals surface area (Å²) in [5, 5.41) is 9.95. The van der Waals surface area contributed by atoms with E-state index in [1.807, 2.05) is 10.1 Å². The average Bonchev–Trinajstić information content (AvgIpc) is 2.49. The Kier molecular flexibility index (Phi) is 5.54. The molecule has 0 aliphatic rings. The van der Waals surface area contributed by atoms with Gasteiger partial charge in [0.2, 0.25) is 5.91 Å². The fraction of sp³-hybridized carbons (Fsp3) is 0.0833. The number of hydrogen-bond acceptors (Lipinski definition) is 5. The quantitative estimate of drug-likeness (QED) is 0.420. The third kappa shape index (κ3) is 4.41. The number of hydrogen-bond donors (Lipinski definition) is 3. The minimum Gasteiger partial charge on any atom is -0.273 e. The number of amides is 1. The van der Waals surface area contributed by atoms with E-state index in [4.69, 9.17) is 34.8 Å². The molecule has 0 aliphatic carbocycles. The van der Waals surface area contributed by atoms with Crippen LogP contribution in [0.3, 0.4) is 0 Å². The average molecular weight is 377 g/mol. The molecule has 8 nitrogen and oxygen atoms in total. The molecule has 23 heavy (non-hydrogen) atoms. The van der Waals surface area contributed by atoms with Crippen molar-refractivity contribution in [2.75, 3.05) is 0 Å². The van der Waals surface area contributed by atoms with Gasteiger partial charge in [0.05, 0.1) is 27.7 Å². The summed E-state index contributed by atoms with van der Waals surface area (Å²) in [7, 11) is 0. The van der Waals surface area contributed by atoms with Crippen molar-refractivity contribution < 1.29 is 4.79 Å². The highest BCUT2D eigenvalue weighted by molar-refractivity contribution is 6.45. The van der Waals surface area contributed by atoms with Crippen molar-refractivity contribution >= 4 is 46.9 Å². The van der Waals surface area contributed by atoms with Crippen LogP contribution in [0.25, 0.3) is 0 Å². The maximum absolute atomic E-state index is 11.7. The SMILES string of the molecule is O=C(Cc1n[nH]c(=O)[nH]c1=O)N/N=C/c1c(Cl)ccc(Cl)c1Cl. The zero-order valence-electron chi connectivity index (χ0n) is 11.2. The Labute approximate surface area is 143 Å². The van der Waals surface area contributed by atoms with Crippen LogP contribution in [0, 0.1) is 0 Å². The van der Waals surface area contributed by atoms with Gasteiger partial charge in [-0.3, -0.25) is 14.6 Å². The van der Waals surface area contributed by atoms with Crippen molar-refractivity contribution in [1.82, 2.24) is 20.6 Å². The van der Waals surface area contributed by atoms with Gasteiger partial charge in [-0.2, -0.15) is 10.2 Å². The number of carbonyl (C=O) groups excluding carboxylic acids is 1. The first-order chi connectivity index (χ1) is 10.9. The van der Waals surface area contributed by atoms with Gasteiger partial charge in [0, 0.05) is 5.56 Å². The summed E-state index contributed by atoms with van der Waals surface area (Å²) >= 11 is 17.8. The molecule has 0 bridgehead atoms. The molecule has 2 rings (SSSR count). The lowest BCUT2D eigenvalue weighted by atomic mass is 10.2. The Morgan fingerprint density at radius 2 is 1.96 bits per heavy atom. The summed E-state index contributed by atoms with van der Waals surface area (Å²) in [6, 6.07) is 3.05. The van der Waals surface area contributed by atoms with Crippen LogP contribution in [-0.4, -0.2) is 27.3 Å². The highest BCUT2D eigenvalue weighted by Crippen LogP contribution is 2.29. The number of aromatic nitrogens is 3. The van der Waals surface area contributed by atoms with E-state index in [0.29, 0.717) is 10.6 Å². The van der Waals surface area contributed by atoms with Gasteiger partial charge in [0.1, 0.15) is 5.69 Å². The van der Waals surface area contributed by atoms with Crippen LogP contribution in [0.2, 0.25) is 15.1 Å². The second kappa shape index (κ2) is 7.40. The molecule has 0 aliphatic heterocycles. The molecule has 1 amide bonds. The van der Waals surface area contributed by atoms with Gasteiger partial charge < -0.3 is 0 Å². The topological polar surface area (TPSA) is 120 Å². The van der Waals surface area contributed by atoms with Crippen LogP contribution in [0.5, 0.6) is 0 Å². The van der Waals surface area contributed by atoms with Gasteiger partial charge >= 0.3 is 5.69 Å². The summed E-state index contributed by atoms with van der Waals surface area (Å²) in [5.41, 5.74) is 0.841. The molecule has 120 valence electrons. The number of carbonyl (C=O) groups is 1. The third-order valence-electron chi connectivity index (χ3n) is 2.57. The van der Waals surface area contributed by atoms with E-state index >= 15 is 0 Å². The van der Waals surface area contributed by atoms with E-state index in [1.54, 1.807) is 0 Å². The second-order valence-electron chi connectivity index (χ2n) is 4.18. The maximum Gasteiger partial charge on any atom is 0.342 e. The van der Waals surface area contributed by atoms with Gasteiger partial charge in [-0.05, 0) is 12.1 Å². The molecule has 1 heterocycles. The number of halogens is 3. The third-order valence-corrected chi connectivity index (χ3v) is 3.72. The smallest absolute Gasteiger partial charge is 0.273 e. The first-order valence-electron chi connectivity index (χ1n) is 6.01. The van der Waals surface area contributed by atoms with E-state index < -0.39 is 17.2 Å². The summed E-state index contributed by atoms with van der Waals surface area (Å²) in [5.74, 6) is -0.624. The van der Waals surface area contributed by atoms with Gasteiger partial charge in [-0.1, -0.05) is 34.8 Å². The van der Waals surface area contributed by atoms with E-state index in [9.17, 15) is 14.4 Å². The van der Waals surface area contributed by atoms with Gasteiger partial charge in [-0.25, -0.2) is 15.3 Å². The predicted molar refractivity (Wildman–Crippen MR) is 86.4 cm³/mol. The van der Waals surface area contributed by atoms with Crippen molar-refractivity contribution in [2.24, 2.45) is 5.10 Å². The molecule has 0 saturated heterocycles. The Bertz CT molecular complexity index is 890. The number of rotatable bonds is 4. The van der Waals surface area contributed by atoms with Crippen LogP contribution >= 0.6 is 34.8 Å². The van der Waals surface area contributed by atoms with Crippen molar-refractivity contribution in [1.29, 1.82) is 0 Å². The molecule has 1 aromatic carbocycles. The molecule has 0 atom stereocenters. The number of hydrazone groups is 1. The number of H-pyrrole nitrogens is 2. The van der Waals surface area contributed by atoms with Gasteiger partial charge in [0.25, 0.3) is 5.56 Å². The summed E-state index contributed by atoms with van der Waals surface area (Å²) in [6.45, 7) is 0. The molecular weight excluding hydrogens is 369 g/mol. The molecule has 0 fully saturated rings. The molecule has 0 spiro atoms. The molecule has 0 saturated carbocycles. The largest absolute Gasteiger partial charge is 0.342 e. The molecular formula is C12H8Cl3N5O3. The number of nitrogens with one attached hydrogen (secondary N) is 3. The fourth-order valence-corrected chi connectivity index (χ4v) is 2.15. The van der Waals surface area contributed by atoms with Gasteiger partial charge in [-0.15, -0.1) is 0 Å². The van der Waals surface area contributed by atoms with Crippen molar-refractivity contribution in [2.45, 2.75) is 6.42 Å². The van der Waals surface area contributed by atoms with Crippen LogP contribution in [0.15, 0.2) is 26.8 Å². The van der Waals surface area contributed by atoms with Crippen LogP contribution in [0.4, 0.5) is 0 Å². The minimum absolute atomic E-state index is 0.156. The summed E-state index contributed by atoms with van der Waals surface area (Å²) in [4.78, 5) is 35.8.